The summed E-state index contributed by atoms with van der Waals surface area (Å²) >= 11 is 0. The maximum atomic E-state index is 12.5. The van der Waals surface area contributed by atoms with Crippen molar-refractivity contribution >= 4 is 11.8 Å². The Hall–Kier alpha value is -3.45. The number of hydrogen-bond donors (Lipinski definition) is 2. The number of nitrogens with zero attached hydrogens (tertiary/aromatic N) is 3. The molecular formula is C21H19F3N4O3. The van der Waals surface area contributed by atoms with E-state index in [1.807, 2.05) is 0 Å². The summed E-state index contributed by atoms with van der Waals surface area (Å²) in [5.74, 6) is 4.01. The molecule has 1 aliphatic heterocycles. The summed E-state index contributed by atoms with van der Waals surface area (Å²) in [6.45, 7) is 0.397. The van der Waals surface area contributed by atoms with Crippen LogP contribution in [0.4, 0.5) is 13.2 Å². The number of aryl methyl sites for hydroxylation is 1. The van der Waals surface area contributed by atoms with Gasteiger partial charge in [0.25, 0.3) is 11.8 Å². The van der Waals surface area contributed by atoms with Crippen LogP contribution in [0.2, 0.25) is 0 Å². The Balaban J connectivity index is 1.89. The molecule has 1 aromatic carbocycles. The number of amides is 2. The summed E-state index contributed by atoms with van der Waals surface area (Å²) in [7, 11) is 1.58. The van der Waals surface area contributed by atoms with Crippen LogP contribution in [0, 0.1) is 11.8 Å². The van der Waals surface area contributed by atoms with E-state index in [4.69, 9.17) is 5.73 Å². The molecule has 1 fully saturated rings. The highest BCUT2D eigenvalue weighted by atomic mass is 19.4. The van der Waals surface area contributed by atoms with Crippen LogP contribution in [0.1, 0.15) is 34.5 Å². The van der Waals surface area contributed by atoms with Crippen molar-refractivity contribution in [2.75, 3.05) is 13.6 Å². The molecule has 0 saturated carbocycles. The van der Waals surface area contributed by atoms with E-state index in [0.717, 1.165) is 6.20 Å². The van der Waals surface area contributed by atoms with Gasteiger partial charge in [0.05, 0.1) is 0 Å². The van der Waals surface area contributed by atoms with E-state index in [2.05, 4.69) is 21.8 Å². The maximum Gasteiger partial charge on any atom is 0.389 e. The minimum absolute atomic E-state index is 0.00982. The molecule has 1 aliphatic rings. The molecule has 2 amide bonds. The summed E-state index contributed by atoms with van der Waals surface area (Å²) in [6, 6.07) is 6.49. The van der Waals surface area contributed by atoms with E-state index in [-0.39, 0.29) is 23.5 Å². The van der Waals surface area contributed by atoms with Crippen LogP contribution in [0.25, 0.3) is 11.4 Å². The van der Waals surface area contributed by atoms with Gasteiger partial charge in [-0.3, -0.25) is 9.59 Å². The first-order valence-electron chi connectivity index (χ1n) is 9.32. The molecule has 3 rings (SSSR count). The number of hydrogen-bond acceptors (Lipinski definition) is 5. The van der Waals surface area contributed by atoms with Crippen molar-refractivity contribution in [2.45, 2.75) is 31.0 Å². The second-order valence-electron chi connectivity index (χ2n) is 7.21. The van der Waals surface area contributed by atoms with Crippen LogP contribution < -0.4 is 5.73 Å². The summed E-state index contributed by atoms with van der Waals surface area (Å²) < 4.78 is 37.5. The first-order valence-corrected chi connectivity index (χ1v) is 9.32. The molecular weight excluding hydrogens is 413 g/mol. The van der Waals surface area contributed by atoms with Gasteiger partial charge in [0, 0.05) is 49.3 Å². The van der Waals surface area contributed by atoms with Crippen LogP contribution >= 0.6 is 0 Å². The molecule has 0 aliphatic carbocycles. The predicted octanol–water partition coefficient (Wildman–Crippen LogP) is 1.68. The van der Waals surface area contributed by atoms with E-state index in [9.17, 15) is 27.9 Å². The highest BCUT2D eigenvalue weighted by Gasteiger charge is 2.42. The second kappa shape index (κ2) is 8.35. The number of likely N-dealkylation sites (N-methyl/N-ethyl adjacent to an activating group) is 1. The molecule has 2 heterocycles. The highest BCUT2D eigenvalue weighted by Crippen LogP contribution is 2.25. The van der Waals surface area contributed by atoms with Crippen LogP contribution in [0.5, 0.6) is 0 Å². The molecule has 0 bridgehead atoms. The third-order valence-corrected chi connectivity index (χ3v) is 4.82. The van der Waals surface area contributed by atoms with Gasteiger partial charge in [-0.15, -0.1) is 0 Å². The number of aliphatic hydroxyl groups is 1. The van der Waals surface area contributed by atoms with Gasteiger partial charge >= 0.3 is 6.18 Å². The monoisotopic (exact) mass is 432 g/mol. The smallest absolute Gasteiger partial charge is 0.369 e. The Morgan fingerprint density at radius 3 is 2.74 bits per heavy atom. The zero-order chi connectivity index (χ0) is 22.8. The number of carbonyl (C=O) groups is 2. The number of primary amides is 1. The van der Waals surface area contributed by atoms with Crippen LogP contribution in [-0.2, 0) is 11.2 Å². The zero-order valence-corrected chi connectivity index (χ0v) is 16.5. The third-order valence-electron chi connectivity index (χ3n) is 4.82. The van der Waals surface area contributed by atoms with E-state index in [1.165, 1.54) is 4.90 Å². The fourth-order valence-corrected chi connectivity index (χ4v) is 3.10. The fraction of sp³-hybridized carbons (Fsp3) is 0.333. The van der Waals surface area contributed by atoms with Crippen molar-refractivity contribution in [3.63, 3.8) is 0 Å². The molecule has 2 aromatic rings. The van der Waals surface area contributed by atoms with Gasteiger partial charge in [-0.2, -0.15) is 13.2 Å². The minimum atomic E-state index is -4.39. The second-order valence-corrected chi connectivity index (χ2v) is 7.21. The van der Waals surface area contributed by atoms with Crippen LogP contribution in [-0.4, -0.2) is 57.2 Å². The van der Waals surface area contributed by atoms with Crippen molar-refractivity contribution in [2.24, 2.45) is 5.73 Å². The number of likely N-dealkylation sites (tertiary alicyclic amines) is 1. The van der Waals surface area contributed by atoms with Gasteiger partial charge in [-0.25, -0.2) is 9.97 Å². The number of aromatic nitrogens is 2. The lowest BCUT2D eigenvalue weighted by molar-refractivity contribution is -0.137. The van der Waals surface area contributed by atoms with Gasteiger partial charge in [-0.05, 0) is 18.6 Å². The molecule has 0 spiro atoms. The molecule has 0 unspecified atom stereocenters. The van der Waals surface area contributed by atoms with Crippen molar-refractivity contribution in [1.29, 1.82) is 0 Å². The molecule has 1 aromatic heterocycles. The summed E-state index contributed by atoms with van der Waals surface area (Å²) in [6.07, 6.45) is -4.63. The molecule has 31 heavy (non-hydrogen) atoms. The van der Waals surface area contributed by atoms with Gasteiger partial charge in [-0.1, -0.05) is 24.0 Å². The molecule has 1 saturated heterocycles. The Labute approximate surface area is 176 Å². The topological polar surface area (TPSA) is 109 Å². The molecule has 7 nitrogen and oxygen atoms in total. The van der Waals surface area contributed by atoms with E-state index in [1.54, 1.807) is 31.3 Å². The average Bonchev–Trinajstić information content (AvgIpc) is 2.98. The lowest BCUT2D eigenvalue weighted by atomic mass is 10.0. The van der Waals surface area contributed by atoms with Crippen LogP contribution in [0.3, 0.4) is 0 Å². The Morgan fingerprint density at radius 2 is 2.13 bits per heavy atom. The Bertz CT molecular complexity index is 1090. The van der Waals surface area contributed by atoms with E-state index in [0.29, 0.717) is 17.7 Å². The van der Waals surface area contributed by atoms with Gasteiger partial charge < -0.3 is 15.7 Å². The first kappa shape index (κ1) is 22.2. The molecule has 0 radical (unpaired) electrons. The summed E-state index contributed by atoms with van der Waals surface area (Å²) in [5.41, 5.74) is 4.17. The third kappa shape index (κ3) is 5.19. The van der Waals surface area contributed by atoms with Crippen molar-refractivity contribution < 1.29 is 27.9 Å². The lowest BCUT2D eigenvalue weighted by Gasteiger charge is -2.13. The van der Waals surface area contributed by atoms with E-state index < -0.39 is 36.4 Å². The lowest BCUT2D eigenvalue weighted by Crippen LogP contribution is -2.37. The normalized spacial score (nSPS) is 18.6. The van der Waals surface area contributed by atoms with Gasteiger partial charge in [0.1, 0.15) is 5.69 Å². The number of benzene rings is 1. The number of rotatable bonds is 4. The van der Waals surface area contributed by atoms with Crippen molar-refractivity contribution in [3.05, 3.63) is 47.3 Å². The van der Waals surface area contributed by atoms with Crippen molar-refractivity contribution in [3.8, 4) is 23.2 Å². The Morgan fingerprint density at radius 1 is 1.39 bits per heavy atom. The first-order chi connectivity index (χ1) is 14.5. The molecule has 1 atom stereocenters. The SMILES string of the molecule is CN1CC[C@@](O)(C#Cc2cccc(-c3ncc(CCC(F)(F)F)c(C(N)=O)n3)c2)C1=O. The average molecular weight is 432 g/mol. The zero-order valence-electron chi connectivity index (χ0n) is 16.5. The molecule has 10 heteroatoms. The quantitative estimate of drug-likeness (QED) is 0.715. The summed E-state index contributed by atoms with van der Waals surface area (Å²) in [4.78, 5) is 33.2. The van der Waals surface area contributed by atoms with Crippen LogP contribution in [0.15, 0.2) is 30.5 Å². The molecule has 162 valence electrons. The predicted molar refractivity (Wildman–Crippen MR) is 104 cm³/mol. The number of carbonyl (C=O) groups excluding carboxylic acids is 2. The summed E-state index contributed by atoms with van der Waals surface area (Å²) in [5, 5.41) is 10.4. The minimum Gasteiger partial charge on any atom is -0.369 e. The van der Waals surface area contributed by atoms with E-state index >= 15 is 0 Å². The van der Waals surface area contributed by atoms with Gasteiger partial charge in [0.2, 0.25) is 5.60 Å². The standard InChI is InChI=1S/C21H19F3N4O3/c1-28-10-9-20(31,19(28)30)7-5-13-3-2-4-14(11-13)18-26-12-15(6-8-21(22,23)24)16(27-18)17(25)29/h2-4,11-12,31H,6,8-10H2,1H3,(H2,25,29)/t20-/m0/s1. The number of nitrogens with two attached hydrogens (primary N) is 1. The largest absolute Gasteiger partial charge is 0.389 e. The van der Waals surface area contributed by atoms with Crippen molar-refractivity contribution in [1.82, 2.24) is 14.9 Å². The maximum absolute atomic E-state index is 12.5. The molecule has 3 N–H and O–H groups in total. The Kier molecular flexibility index (Phi) is 5.99. The number of alkyl halides is 3. The van der Waals surface area contributed by atoms with Gasteiger partial charge in [0.15, 0.2) is 5.82 Å². The highest BCUT2D eigenvalue weighted by molar-refractivity contribution is 5.92. The fourth-order valence-electron chi connectivity index (χ4n) is 3.10. The number of halogens is 3.